The molecule has 0 saturated carbocycles. The molecule has 1 heterocycles. The van der Waals surface area contributed by atoms with Crippen molar-refractivity contribution in [1.29, 1.82) is 0 Å². The molecule has 0 saturated heterocycles. The van der Waals surface area contributed by atoms with Crippen molar-refractivity contribution in [1.82, 2.24) is 0 Å². The second-order valence-corrected chi connectivity index (χ2v) is 5.88. The van der Waals surface area contributed by atoms with Crippen molar-refractivity contribution in [2.75, 3.05) is 5.32 Å². The lowest BCUT2D eigenvalue weighted by atomic mass is 10.1. The minimum Gasteiger partial charge on any atom is -0.457 e. The average molecular weight is 402 g/mol. The van der Waals surface area contributed by atoms with Gasteiger partial charge in [0.15, 0.2) is 0 Å². The van der Waals surface area contributed by atoms with Crippen LogP contribution in [0.5, 0.6) is 0 Å². The van der Waals surface area contributed by atoms with Crippen LogP contribution in [0.1, 0.15) is 11.3 Å². The van der Waals surface area contributed by atoms with Gasteiger partial charge in [0.25, 0.3) is 5.69 Å². The van der Waals surface area contributed by atoms with E-state index in [2.05, 4.69) is 5.32 Å². The number of nitro benzene ring substituents is 1. The average Bonchev–Trinajstić information content (AvgIpc) is 3.15. The van der Waals surface area contributed by atoms with Crippen LogP contribution in [0.25, 0.3) is 17.4 Å². The molecule has 148 valence electrons. The van der Waals surface area contributed by atoms with E-state index in [0.717, 1.165) is 18.2 Å². The molecule has 0 bridgehead atoms. The van der Waals surface area contributed by atoms with Gasteiger partial charge >= 0.3 is 6.18 Å². The summed E-state index contributed by atoms with van der Waals surface area (Å²) in [5.41, 5.74) is -0.930. The molecule has 0 atom stereocenters. The van der Waals surface area contributed by atoms with E-state index in [1.54, 1.807) is 12.1 Å². The number of alkyl halides is 3. The smallest absolute Gasteiger partial charge is 0.418 e. The van der Waals surface area contributed by atoms with Gasteiger partial charge < -0.3 is 9.73 Å². The third-order valence-electron chi connectivity index (χ3n) is 3.86. The van der Waals surface area contributed by atoms with E-state index < -0.39 is 22.6 Å². The predicted octanol–water partition coefficient (Wildman–Crippen LogP) is 5.53. The molecule has 0 unspecified atom stereocenters. The fraction of sp³-hybridized carbons (Fsp3) is 0.0500. The summed E-state index contributed by atoms with van der Waals surface area (Å²) in [5.74, 6) is -0.170. The lowest BCUT2D eigenvalue weighted by Gasteiger charge is -2.12. The van der Waals surface area contributed by atoms with Crippen molar-refractivity contribution in [3.05, 3.63) is 88.2 Å². The number of benzene rings is 2. The summed E-state index contributed by atoms with van der Waals surface area (Å²) >= 11 is 0. The zero-order valence-electron chi connectivity index (χ0n) is 14.6. The number of nitrogens with zero attached hydrogens (tertiary/aromatic N) is 1. The predicted molar refractivity (Wildman–Crippen MR) is 99.9 cm³/mol. The molecule has 3 aromatic rings. The second-order valence-electron chi connectivity index (χ2n) is 5.88. The van der Waals surface area contributed by atoms with Crippen molar-refractivity contribution in [2.45, 2.75) is 6.18 Å². The summed E-state index contributed by atoms with van der Waals surface area (Å²) in [7, 11) is 0. The molecule has 3 rings (SSSR count). The van der Waals surface area contributed by atoms with Gasteiger partial charge in [-0.05, 0) is 30.3 Å². The fourth-order valence-electron chi connectivity index (χ4n) is 2.54. The number of hydrogen-bond donors (Lipinski definition) is 1. The van der Waals surface area contributed by atoms with Crippen LogP contribution in [0, 0.1) is 10.1 Å². The number of hydrogen-bond acceptors (Lipinski definition) is 4. The molecule has 0 aliphatic rings. The maximum Gasteiger partial charge on any atom is 0.418 e. The molecule has 0 aliphatic carbocycles. The SMILES string of the molecule is O=C(C=Cc1ccc(-c2cccc([N+](=O)[O-])c2)o1)Nc1ccccc1C(F)(F)F. The number of non-ortho nitro benzene ring substituents is 1. The van der Waals surface area contributed by atoms with Crippen LogP contribution >= 0.6 is 0 Å². The van der Waals surface area contributed by atoms with Crippen LogP contribution in [-0.2, 0) is 11.0 Å². The molecule has 0 spiro atoms. The Balaban J connectivity index is 1.73. The van der Waals surface area contributed by atoms with Crippen LogP contribution in [0.3, 0.4) is 0 Å². The Kier molecular flexibility index (Phi) is 5.49. The molecule has 6 nitrogen and oxygen atoms in total. The largest absolute Gasteiger partial charge is 0.457 e. The highest BCUT2D eigenvalue weighted by molar-refractivity contribution is 6.02. The number of carbonyl (C=O) groups excluding carboxylic acids is 1. The van der Waals surface area contributed by atoms with E-state index in [1.807, 2.05) is 0 Å². The van der Waals surface area contributed by atoms with E-state index in [1.165, 1.54) is 42.5 Å². The van der Waals surface area contributed by atoms with Gasteiger partial charge in [-0.3, -0.25) is 14.9 Å². The summed E-state index contributed by atoms with van der Waals surface area (Å²) in [5, 5.41) is 13.0. The standard InChI is InChI=1S/C20H13F3N2O4/c21-20(22,23)16-6-1-2-7-17(16)24-19(26)11-9-15-8-10-18(29-15)13-4-3-5-14(12-13)25(27)28/h1-12H,(H,24,26). The van der Waals surface area contributed by atoms with E-state index in [9.17, 15) is 28.1 Å². The first-order valence-corrected chi connectivity index (χ1v) is 8.24. The lowest BCUT2D eigenvalue weighted by Crippen LogP contribution is -2.14. The zero-order valence-corrected chi connectivity index (χ0v) is 14.6. The normalized spacial score (nSPS) is 11.6. The Morgan fingerprint density at radius 3 is 2.55 bits per heavy atom. The zero-order chi connectivity index (χ0) is 21.0. The van der Waals surface area contributed by atoms with Crippen LogP contribution < -0.4 is 5.32 Å². The van der Waals surface area contributed by atoms with Gasteiger partial charge in [0, 0.05) is 23.8 Å². The first-order valence-electron chi connectivity index (χ1n) is 8.24. The number of nitrogens with one attached hydrogen (secondary N) is 1. The number of halogens is 3. The number of amides is 1. The number of nitro groups is 1. The van der Waals surface area contributed by atoms with Gasteiger partial charge in [-0.2, -0.15) is 13.2 Å². The minimum absolute atomic E-state index is 0.0984. The van der Waals surface area contributed by atoms with Gasteiger partial charge in [0.1, 0.15) is 11.5 Å². The van der Waals surface area contributed by atoms with Gasteiger partial charge in [0.2, 0.25) is 5.91 Å². The maximum atomic E-state index is 13.0. The Bertz CT molecular complexity index is 1090. The number of anilines is 1. The fourth-order valence-corrected chi connectivity index (χ4v) is 2.54. The molecular weight excluding hydrogens is 389 g/mol. The van der Waals surface area contributed by atoms with Crippen LogP contribution in [0.2, 0.25) is 0 Å². The summed E-state index contributed by atoms with van der Waals surface area (Å²) in [6, 6.07) is 13.6. The van der Waals surface area contributed by atoms with Gasteiger partial charge in [0.05, 0.1) is 16.2 Å². The maximum absolute atomic E-state index is 13.0. The number of furan rings is 1. The van der Waals surface area contributed by atoms with Crippen molar-refractivity contribution < 1.29 is 27.3 Å². The summed E-state index contributed by atoms with van der Waals surface area (Å²) < 4.78 is 44.4. The van der Waals surface area contributed by atoms with Crippen molar-refractivity contribution in [3.63, 3.8) is 0 Å². The van der Waals surface area contributed by atoms with Gasteiger partial charge in [-0.1, -0.05) is 24.3 Å². The molecule has 29 heavy (non-hydrogen) atoms. The number of carbonyl (C=O) groups is 1. The van der Waals surface area contributed by atoms with Crippen LogP contribution in [-0.4, -0.2) is 10.8 Å². The number of rotatable bonds is 5. The highest BCUT2D eigenvalue weighted by atomic mass is 19.4. The highest BCUT2D eigenvalue weighted by Crippen LogP contribution is 2.34. The van der Waals surface area contributed by atoms with Crippen molar-refractivity contribution in [3.8, 4) is 11.3 Å². The van der Waals surface area contributed by atoms with Gasteiger partial charge in [-0.25, -0.2) is 0 Å². The van der Waals surface area contributed by atoms with E-state index in [0.29, 0.717) is 11.3 Å². The monoisotopic (exact) mass is 402 g/mol. The Morgan fingerprint density at radius 1 is 1.07 bits per heavy atom. The topological polar surface area (TPSA) is 85.4 Å². The molecule has 1 aromatic heterocycles. The van der Waals surface area contributed by atoms with E-state index in [-0.39, 0.29) is 17.1 Å². The molecule has 0 aliphatic heterocycles. The number of para-hydroxylation sites is 1. The van der Waals surface area contributed by atoms with Gasteiger partial charge in [-0.15, -0.1) is 0 Å². The van der Waals surface area contributed by atoms with Crippen molar-refractivity contribution in [2.24, 2.45) is 0 Å². The molecule has 0 radical (unpaired) electrons. The Hall–Kier alpha value is -3.88. The molecule has 9 heteroatoms. The summed E-state index contributed by atoms with van der Waals surface area (Å²) in [6.45, 7) is 0. The van der Waals surface area contributed by atoms with E-state index >= 15 is 0 Å². The van der Waals surface area contributed by atoms with Crippen LogP contribution in [0.4, 0.5) is 24.5 Å². The molecular formula is C20H13F3N2O4. The summed E-state index contributed by atoms with van der Waals surface area (Å²) in [6.07, 6.45) is -2.28. The first kappa shape index (κ1) is 19.9. The third-order valence-corrected chi connectivity index (χ3v) is 3.86. The first-order chi connectivity index (χ1) is 13.7. The third kappa shape index (κ3) is 4.89. The molecule has 1 amide bonds. The van der Waals surface area contributed by atoms with Crippen molar-refractivity contribution >= 4 is 23.4 Å². The molecule has 0 fully saturated rings. The van der Waals surface area contributed by atoms with E-state index in [4.69, 9.17) is 4.42 Å². The Morgan fingerprint density at radius 2 is 1.83 bits per heavy atom. The molecule has 2 aromatic carbocycles. The Labute approximate surface area is 162 Å². The highest BCUT2D eigenvalue weighted by Gasteiger charge is 2.33. The molecule has 1 N–H and O–H groups in total. The minimum atomic E-state index is -4.60. The lowest BCUT2D eigenvalue weighted by molar-refractivity contribution is -0.384. The second kappa shape index (κ2) is 8.01. The van der Waals surface area contributed by atoms with Crippen LogP contribution in [0.15, 0.2) is 71.2 Å². The summed E-state index contributed by atoms with van der Waals surface area (Å²) in [4.78, 5) is 22.3. The quantitative estimate of drug-likeness (QED) is 0.346.